The van der Waals surface area contributed by atoms with Gasteiger partial charge in [0.2, 0.25) is 0 Å². The summed E-state index contributed by atoms with van der Waals surface area (Å²) in [6.07, 6.45) is 1.45. The van der Waals surface area contributed by atoms with Crippen molar-refractivity contribution in [1.82, 2.24) is 19.6 Å². The minimum absolute atomic E-state index is 0.161. The van der Waals surface area contributed by atoms with Crippen molar-refractivity contribution < 1.29 is 0 Å². The zero-order valence-corrected chi connectivity index (χ0v) is 9.21. The van der Waals surface area contributed by atoms with Crippen LogP contribution in [0.25, 0.3) is 17.0 Å². The maximum absolute atomic E-state index is 11.8. The van der Waals surface area contributed by atoms with Crippen LogP contribution in [0, 0.1) is 6.92 Å². The van der Waals surface area contributed by atoms with Crippen LogP contribution in [0.2, 0.25) is 0 Å². The lowest BCUT2D eigenvalue weighted by molar-refractivity contribution is 0.900. The first-order valence-electron chi connectivity index (χ1n) is 5.25. The molecule has 5 nitrogen and oxygen atoms in total. The molecule has 0 fully saturated rings. The predicted octanol–water partition coefficient (Wildman–Crippen LogP) is 1.39. The standard InChI is InChI=1S/C12H10N4O/c1-8-4-2-3-5-9(8)10-6-11(17)16-12(15-10)13-7-14-16/h2-7H,1H3,(H,13,14,15). The maximum atomic E-state index is 11.8. The van der Waals surface area contributed by atoms with Gasteiger partial charge in [0.05, 0.1) is 5.69 Å². The van der Waals surface area contributed by atoms with Gasteiger partial charge in [-0.3, -0.25) is 9.89 Å². The van der Waals surface area contributed by atoms with Crippen LogP contribution in [0.15, 0.2) is 41.5 Å². The van der Waals surface area contributed by atoms with E-state index in [1.807, 2.05) is 31.2 Å². The fraction of sp³-hybridized carbons (Fsp3) is 0.0833. The Balaban J connectivity index is 2.32. The second-order valence-electron chi connectivity index (χ2n) is 3.82. The Morgan fingerprint density at radius 3 is 2.94 bits per heavy atom. The Kier molecular flexibility index (Phi) is 2.04. The van der Waals surface area contributed by atoms with Crippen molar-refractivity contribution >= 4 is 5.78 Å². The monoisotopic (exact) mass is 226 g/mol. The van der Waals surface area contributed by atoms with Gasteiger partial charge >= 0.3 is 0 Å². The number of aromatic amines is 1. The van der Waals surface area contributed by atoms with Gasteiger partial charge in [-0.05, 0) is 12.5 Å². The Hall–Kier alpha value is -2.43. The Morgan fingerprint density at radius 1 is 1.29 bits per heavy atom. The van der Waals surface area contributed by atoms with E-state index in [9.17, 15) is 4.79 Å². The summed E-state index contributed by atoms with van der Waals surface area (Å²) in [5, 5.41) is 2.71. The molecule has 0 saturated heterocycles. The fourth-order valence-corrected chi connectivity index (χ4v) is 1.82. The largest absolute Gasteiger partial charge is 0.278 e. The van der Waals surface area contributed by atoms with E-state index in [1.165, 1.54) is 16.9 Å². The van der Waals surface area contributed by atoms with Crippen LogP contribution in [-0.2, 0) is 0 Å². The molecule has 84 valence electrons. The van der Waals surface area contributed by atoms with Crippen LogP contribution < -0.4 is 5.56 Å². The van der Waals surface area contributed by atoms with Crippen molar-refractivity contribution in [3.63, 3.8) is 0 Å². The molecule has 0 spiro atoms. The number of benzene rings is 1. The van der Waals surface area contributed by atoms with Crippen molar-refractivity contribution in [2.45, 2.75) is 6.92 Å². The summed E-state index contributed by atoms with van der Waals surface area (Å²) in [6.45, 7) is 1.99. The molecular formula is C12H10N4O. The molecule has 0 unspecified atom stereocenters. The highest BCUT2D eigenvalue weighted by Gasteiger charge is 2.07. The van der Waals surface area contributed by atoms with Gasteiger partial charge in [0.1, 0.15) is 6.33 Å². The SMILES string of the molecule is Cc1ccccc1-c1cc(=O)n2[nH]cnc2n1. The van der Waals surface area contributed by atoms with Gasteiger partial charge in [0.15, 0.2) is 0 Å². The summed E-state index contributed by atoms with van der Waals surface area (Å²) >= 11 is 0. The third-order valence-corrected chi connectivity index (χ3v) is 2.69. The number of nitrogens with one attached hydrogen (secondary N) is 1. The number of H-pyrrole nitrogens is 1. The smallest absolute Gasteiger partial charge is 0.274 e. The molecule has 5 heteroatoms. The predicted molar refractivity (Wildman–Crippen MR) is 63.8 cm³/mol. The molecule has 0 aliphatic rings. The Bertz CT molecular complexity index is 741. The number of rotatable bonds is 1. The second kappa shape index (κ2) is 3.55. The third kappa shape index (κ3) is 1.52. The zero-order valence-electron chi connectivity index (χ0n) is 9.21. The lowest BCUT2D eigenvalue weighted by Crippen LogP contribution is -2.14. The van der Waals surface area contributed by atoms with Crippen LogP contribution >= 0.6 is 0 Å². The summed E-state index contributed by atoms with van der Waals surface area (Å²) in [6, 6.07) is 9.33. The van der Waals surface area contributed by atoms with E-state index in [-0.39, 0.29) is 5.56 Å². The number of aryl methyl sites for hydroxylation is 1. The minimum atomic E-state index is -0.161. The van der Waals surface area contributed by atoms with E-state index in [0.717, 1.165) is 11.1 Å². The van der Waals surface area contributed by atoms with Gasteiger partial charge < -0.3 is 0 Å². The molecule has 1 aromatic carbocycles. The third-order valence-electron chi connectivity index (χ3n) is 2.69. The molecule has 17 heavy (non-hydrogen) atoms. The Morgan fingerprint density at radius 2 is 2.12 bits per heavy atom. The maximum Gasteiger partial charge on any atom is 0.274 e. The van der Waals surface area contributed by atoms with Crippen LogP contribution in [0.3, 0.4) is 0 Å². The van der Waals surface area contributed by atoms with Gasteiger partial charge in [-0.25, -0.2) is 9.97 Å². The van der Waals surface area contributed by atoms with E-state index in [4.69, 9.17) is 0 Å². The fourth-order valence-electron chi connectivity index (χ4n) is 1.82. The highest BCUT2D eigenvalue weighted by molar-refractivity contribution is 5.64. The van der Waals surface area contributed by atoms with Crippen LogP contribution in [0.4, 0.5) is 0 Å². The molecule has 3 rings (SSSR count). The lowest BCUT2D eigenvalue weighted by Gasteiger charge is -2.03. The van der Waals surface area contributed by atoms with Crippen LogP contribution in [0.5, 0.6) is 0 Å². The molecule has 3 aromatic rings. The number of hydrogen-bond acceptors (Lipinski definition) is 3. The number of aromatic nitrogens is 4. The van der Waals surface area contributed by atoms with Gasteiger partial charge in [-0.15, -0.1) is 0 Å². The van der Waals surface area contributed by atoms with Crippen molar-refractivity contribution in [1.29, 1.82) is 0 Å². The average Bonchev–Trinajstić information content (AvgIpc) is 2.78. The van der Waals surface area contributed by atoms with Crippen LogP contribution in [0.1, 0.15) is 5.56 Å². The van der Waals surface area contributed by atoms with Crippen LogP contribution in [-0.4, -0.2) is 19.6 Å². The van der Waals surface area contributed by atoms with Crippen molar-refractivity contribution in [2.24, 2.45) is 0 Å². The highest BCUT2D eigenvalue weighted by atomic mass is 16.1. The first-order chi connectivity index (χ1) is 8.25. The topological polar surface area (TPSA) is 63.0 Å². The summed E-state index contributed by atoms with van der Waals surface area (Å²) < 4.78 is 1.31. The summed E-state index contributed by atoms with van der Waals surface area (Å²) in [5.41, 5.74) is 2.53. The molecule has 1 N–H and O–H groups in total. The van der Waals surface area contributed by atoms with E-state index >= 15 is 0 Å². The number of fused-ring (bicyclic) bond motifs is 1. The minimum Gasteiger partial charge on any atom is -0.278 e. The number of nitrogens with zero attached hydrogens (tertiary/aromatic N) is 3. The summed E-state index contributed by atoms with van der Waals surface area (Å²) in [7, 11) is 0. The van der Waals surface area contributed by atoms with Gasteiger partial charge in [-0.2, -0.15) is 4.52 Å². The quantitative estimate of drug-likeness (QED) is 0.682. The van der Waals surface area contributed by atoms with Crippen molar-refractivity contribution in [3.05, 3.63) is 52.6 Å². The first-order valence-corrected chi connectivity index (χ1v) is 5.25. The lowest BCUT2D eigenvalue weighted by atomic mass is 10.1. The molecule has 2 heterocycles. The van der Waals surface area contributed by atoms with Gasteiger partial charge in [0.25, 0.3) is 11.3 Å². The van der Waals surface area contributed by atoms with E-state index in [1.54, 1.807) is 0 Å². The van der Waals surface area contributed by atoms with E-state index in [2.05, 4.69) is 15.1 Å². The molecule has 0 bridgehead atoms. The Labute approximate surface area is 96.8 Å². The first kappa shape index (κ1) is 9.77. The molecule has 0 radical (unpaired) electrons. The van der Waals surface area contributed by atoms with Gasteiger partial charge in [-0.1, -0.05) is 24.3 Å². The molecule has 2 aromatic heterocycles. The number of hydrogen-bond donors (Lipinski definition) is 1. The second-order valence-corrected chi connectivity index (χ2v) is 3.82. The molecular weight excluding hydrogens is 216 g/mol. The van der Waals surface area contributed by atoms with E-state index < -0.39 is 0 Å². The zero-order chi connectivity index (χ0) is 11.8. The average molecular weight is 226 g/mol. The molecule has 0 aliphatic carbocycles. The molecule has 0 amide bonds. The highest BCUT2D eigenvalue weighted by Crippen LogP contribution is 2.19. The molecule has 0 aliphatic heterocycles. The molecule has 0 atom stereocenters. The summed E-state index contributed by atoms with van der Waals surface area (Å²) in [4.78, 5) is 20.1. The van der Waals surface area contributed by atoms with E-state index in [0.29, 0.717) is 11.5 Å². The van der Waals surface area contributed by atoms with Crippen molar-refractivity contribution in [2.75, 3.05) is 0 Å². The molecule has 0 saturated carbocycles. The van der Waals surface area contributed by atoms with Gasteiger partial charge in [0, 0.05) is 11.6 Å². The normalized spacial score (nSPS) is 10.9. The summed E-state index contributed by atoms with van der Waals surface area (Å²) in [5.74, 6) is 0.385. The van der Waals surface area contributed by atoms with Crippen molar-refractivity contribution in [3.8, 4) is 11.3 Å².